The summed E-state index contributed by atoms with van der Waals surface area (Å²) in [7, 11) is 0. The maximum Gasteiger partial charge on any atom is 0.319 e. The van der Waals surface area contributed by atoms with Gasteiger partial charge in [-0.1, -0.05) is 317 Å². The Kier molecular flexibility index (Phi) is 64.1. The lowest BCUT2D eigenvalue weighted by molar-refractivity contribution is -0.143. The molecule has 0 aromatic rings. The zero-order chi connectivity index (χ0) is 60.2. The Balaban J connectivity index is 5.24. The SMILES string of the molecule is CCCCCCCCCCCCOC(=O)C(C)SP(OCCCCCCOP(SC(C)C(=O)OCCCCCCCCCCCC)SC(C)C(=O)OCCCCCCCCCCCC)SC(C)C(=O)OCCCCCCCCCCCC. The molecule has 10 nitrogen and oxygen atoms in total. The van der Waals surface area contributed by atoms with E-state index in [2.05, 4.69) is 27.7 Å². The fraction of sp³-hybridized carbons (Fsp3) is 0.939. The summed E-state index contributed by atoms with van der Waals surface area (Å²) in [5.41, 5.74) is 0. The molecule has 0 amide bonds. The Labute approximate surface area is 524 Å². The van der Waals surface area contributed by atoms with Crippen molar-refractivity contribution in [1.82, 2.24) is 0 Å². The van der Waals surface area contributed by atoms with Gasteiger partial charge in [0, 0.05) is 0 Å². The molecule has 486 valence electrons. The molecule has 82 heavy (non-hydrogen) atoms. The average molecular weight is 1270 g/mol. The summed E-state index contributed by atoms with van der Waals surface area (Å²) in [5.74, 6) is -0.902. The highest BCUT2D eigenvalue weighted by molar-refractivity contribution is 8.87. The van der Waals surface area contributed by atoms with Gasteiger partial charge in [-0.25, -0.2) is 0 Å². The number of esters is 4. The topological polar surface area (TPSA) is 124 Å². The summed E-state index contributed by atoms with van der Waals surface area (Å²) < 4.78 is 35.9. The summed E-state index contributed by atoms with van der Waals surface area (Å²) in [5, 5.41) is -1.66. The molecule has 0 radical (unpaired) electrons. The van der Waals surface area contributed by atoms with Crippen molar-refractivity contribution >= 4 is 82.5 Å². The van der Waals surface area contributed by atoms with Gasteiger partial charge in [-0.3, -0.25) is 19.2 Å². The van der Waals surface area contributed by atoms with Crippen molar-refractivity contribution in [3.8, 4) is 0 Å². The minimum Gasteiger partial charge on any atom is -0.465 e. The van der Waals surface area contributed by atoms with Gasteiger partial charge in [0.05, 0.1) is 39.6 Å². The molecule has 0 saturated heterocycles. The first kappa shape index (κ1) is 82.1. The zero-order valence-electron chi connectivity index (χ0n) is 54.3. The molecule has 0 aromatic heterocycles. The van der Waals surface area contributed by atoms with Crippen LogP contribution in [0.3, 0.4) is 0 Å². The lowest BCUT2D eigenvalue weighted by Crippen LogP contribution is -2.19. The molecule has 4 unspecified atom stereocenters. The zero-order valence-corrected chi connectivity index (χ0v) is 59.3. The molecule has 0 heterocycles. The van der Waals surface area contributed by atoms with Gasteiger partial charge in [-0.2, -0.15) is 0 Å². The van der Waals surface area contributed by atoms with Crippen LogP contribution in [0, 0.1) is 0 Å². The predicted molar refractivity (Wildman–Crippen MR) is 364 cm³/mol. The predicted octanol–water partition coefficient (Wildman–Crippen LogP) is 23.4. The molecule has 0 aliphatic rings. The van der Waals surface area contributed by atoms with Crippen molar-refractivity contribution in [1.29, 1.82) is 0 Å². The van der Waals surface area contributed by atoms with Gasteiger partial charge in [0.15, 0.2) is 13.1 Å². The van der Waals surface area contributed by atoms with Crippen LogP contribution in [0.5, 0.6) is 0 Å². The van der Waals surface area contributed by atoms with Gasteiger partial charge in [0.1, 0.15) is 21.0 Å². The number of carbonyl (C=O) groups is 4. The average Bonchev–Trinajstić information content (AvgIpc) is 3.46. The standard InChI is InChI=1S/C66H128O10P2S4/c1-9-13-17-21-25-29-33-37-41-47-53-71-63(67)59(5)79-77(80-60(6)64(68)72-54-48-42-38-34-30-26-22-18-14-10-2)75-57-51-45-46-52-58-76-78(81-61(7)65(69)73-55-49-43-39-35-31-27-23-19-15-11-3)82-62(8)66(70)74-56-50-44-40-36-32-28-24-20-16-12-4/h59-62H,9-58H2,1-8H3. The molecule has 0 bridgehead atoms. The summed E-state index contributed by atoms with van der Waals surface area (Å²) in [4.78, 5) is 52.7. The molecular weight excluding hydrogens is 1140 g/mol. The third kappa shape index (κ3) is 55.4. The van der Waals surface area contributed by atoms with E-state index in [0.717, 1.165) is 77.0 Å². The van der Waals surface area contributed by atoms with Gasteiger partial charge in [0.2, 0.25) is 0 Å². The second kappa shape index (κ2) is 64.1. The second-order valence-corrected chi connectivity index (χ2v) is 35.9. The largest absolute Gasteiger partial charge is 0.465 e. The summed E-state index contributed by atoms with van der Waals surface area (Å²) >= 11 is 5.89. The minimum atomic E-state index is -1.23. The first-order valence-electron chi connectivity index (χ1n) is 34.2. The number of carbonyl (C=O) groups excluding carboxylic acids is 4. The first-order chi connectivity index (χ1) is 40.0. The van der Waals surface area contributed by atoms with Crippen molar-refractivity contribution in [3.05, 3.63) is 0 Å². The van der Waals surface area contributed by atoms with Gasteiger partial charge >= 0.3 is 23.9 Å². The van der Waals surface area contributed by atoms with Crippen molar-refractivity contribution in [2.24, 2.45) is 0 Å². The van der Waals surface area contributed by atoms with Gasteiger partial charge < -0.3 is 28.0 Å². The molecule has 0 saturated carbocycles. The van der Waals surface area contributed by atoms with Gasteiger partial charge in [-0.05, 0) is 66.2 Å². The van der Waals surface area contributed by atoms with Crippen LogP contribution >= 0.6 is 58.6 Å². The lowest BCUT2D eigenvalue weighted by Gasteiger charge is -2.22. The highest BCUT2D eigenvalue weighted by atomic mass is 33.1. The van der Waals surface area contributed by atoms with Crippen LogP contribution in [-0.2, 0) is 47.2 Å². The molecule has 16 heteroatoms. The highest BCUT2D eigenvalue weighted by Gasteiger charge is 2.29. The smallest absolute Gasteiger partial charge is 0.319 e. The number of ether oxygens (including phenoxy) is 4. The van der Waals surface area contributed by atoms with Crippen LogP contribution < -0.4 is 0 Å². The highest BCUT2D eigenvalue weighted by Crippen LogP contribution is 2.66. The molecule has 0 N–H and O–H groups in total. The van der Waals surface area contributed by atoms with Crippen molar-refractivity contribution < 1.29 is 47.2 Å². The third-order valence-electron chi connectivity index (χ3n) is 14.7. The van der Waals surface area contributed by atoms with E-state index in [-0.39, 0.29) is 23.9 Å². The molecule has 0 spiro atoms. The fourth-order valence-electron chi connectivity index (χ4n) is 9.21. The summed E-state index contributed by atoms with van der Waals surface area (Å²) in [6, 6.07) is 0. The monoisotopic (exact) mass is 1270 g/mol. The Morgan fingerprint density at radius 2 is 0.390 bits per heavy atom. The third-order valence-corrected chi connectivity index (χ3v) is 28.4. The van der Waals surface area contributed by atoms with Crippen LogP contribution in [0.2, 0.25) is 0 Å². The van der Waals surface area contributed by atoms with E-state index in [1.165, 1.54) is 251 Å². The Morgan fingerprint density at radius 1 is 0.244 bits per heavy atom. The molecule has 0 fully saturated rings. The van der Waals surface area contributed by atoms with Crippen LogP contribution in [0.15, 0.2) is 0 Å². The quantitative estimate of drug-likeness (QED) is 0.0248. The molecule has 0 aliphatic carbocycles. The number of rotatable bonds is 65. The van der Waals surface area contributed by atoms with E-state index in [0.29, 0.717) is 39.6 Å². The van der Waals surface area contributed by atoms with Crippen molar-refractivity contribution in [2.75, 3.05) is 39.6 Å². The molecular formula is C66H128O10P2S4. The van der Waals surface area contributed by atoms with E-state index in [1.54, 1.807) is 0 Å². The van der Waals surface area contributed by atoms with Crippen molar-refractivity contribution in [2.45, 2.75) is 359 Å². The first-order valence-corrected chi connectivity index (χ1v) is 42.7. The molecule has 0 rings (SSSR count). The van der Waals surface area contributed by atoms with Crippen molar-refractivity contribution in [3.63, 3.8) is 0 Å². The van der Waals surface area contributed by atoms with Crippen LogP contribution in [0.4, 0.5) is 0 Å². The van der Waals surface area contributed by atoms with E-state index in [1.807, 2.05) is 27.7 Å². The van der Waals surface area contributed by atoms with E-state index in [9.17, 15) is 19.2 Å². The van der Waals surface area contributed by atoms with E-state index >= 15 is 0 Å². The molecule has 4 atom stereocenters. The fourth-order valence-corrected chi connectivity index (χ4v) is 23.4. The maximum absolute atomic E-state index is 13.2. The van der Waals surface area contributed by atoms with E-state index in [4.69, 9.17) is 28.0 Å². The Morgan fingerprint density at radius 3 is 0.561 bits per heavy atom. The van der Waals surface area contributed by atoms with Crippen LogP contribution in [0.25, 0.3) is 0 Å². The Bertz CT molecular complexity index is 1230. The number of hydrogen-bond donors (Lipinski definition) is 0. The van der Waals surface area contributed by atoms with Gasteiger partial charge in [0.25, 0.3) is 0 Å². The molecule has 0 aromatic carbocycles. The number of unbranched alkanes of at least 4 members (excludes halogenated alkanes) is 39. The lowest BCUT2D eigenvalue weighted by atomic mass is 10.1. The summed E-state index contributed by atoms with van der Waals surface area (Å²) in [6.45, 7) is 16.9. The summed E-state index contributed by atoms with van der Waals surface area (Å²) in [6.07, 6.45) is 52.6. The second-order valence-electron chi connectivity index (χ2n) is 22.9. The maximum atomic E-state index is 13.2. The Hall–Kier alpha value is 0.0600. The normalized spacial score (nSPS) is 13.8. The minimum absolute atomic E-state index is 0.226. The van der Waals surface area contributed by atoms with Gasteiger partial charge in [-0.15, -0.1) is 0 Å². The van der Waals surface area contributed by atoms with E-state index < -0.39 is 34.1 Å². The van der Waals surface area contributed by atoms with Crippen LogP contribution in [-0.4, -0.2) is 84.5 Å². The number of hydrogen-bond acceptors (Lipinski definition) is 14. The molecule has 0 aliphatic heterocycles. The van der Waals surface area contributed by atoms with Crippen LogP contribution in [0.1, 0.15) is 338 Å².